The molecule has 4 rings (SSSR count). The fourth-order valence-corrected chi connectivity index (χ4v) is 4.38. The van der Waals surface area contributed by atoms with Crippen molar-refractivity contribution in [3.05, 3.63) is 65.9 Å². The second-order valence-corrected chi connectivity index (χ2v) is 8.96. The topological polar surface area (TPSA) is 77.2 Å². The van der Waals surface area contributed by atoms with Crippen molar-refractivity contribution in [2.45, 2.75) is 45.7 Å². The van der Waals surface area contributed by atoms with Gasteiger partial charge in [-0.2, -0.15) is 0 Å². The fraction of sp³-hybridized carbons (Fsp3) is 0.385. The molecule has 1 fully saturated rings. The lowest BCUT2D eigenvalue weighted by Gasteiger charge is -2.30. The second kappa shape index (κ2) is 10.0. The SMILES string of the molecule is CC(=O)NC(Cc1c[nH]c2ccccc12)C(=O)Nc1ccc(CN2CCC(C)CC2)cc1. The number of anilines is 1. The zero-order valence-corrected chi connectivity index (χ0v) is 18.9. The van der Waals surface area contributed by atoms with Crippen LogP contribution in [0.15, 0.2) is 54.7 Å². The van der Waals surface area contributed by atoms with Gasteiger partial charge >= 0.3 is 0 Å². The van der Waals surface area contributed by atoms with E-state index in [4.69, 9.17) is 0 Å². The Morgan fingerprint density at radius 3 is 2.53 bits per heavy atom. The monoisotopic (exact) mass is 432 g/mol. The van der Waals surface area contributed by atoms with Crippen molar-refractivity contribution in [1.82, 2.24) is 15.2 Å². The van der Waals surface area contributed by atoms with Gasteiger partial charge in [-0.15, -0.1) is 0 Å². The van der Waals surface area contributed by atoms with Gasteiger partial charge in [0, 0.05) is 42.7 Å². The molecule has 0 saturated carbocycles. The van der Waals surface area contributed by atoms with Crippen molar-refractivity contribution in [1.29, 1.82) is 0 Å². The maximum atomic E-state index is 13.0. The van der Waals surface area contributed by atoms with Gasteiger partial charge in [0.2, 0.25) is 11.8 Å². The molecule has 1 aliphatic heterocycles. The van der Waals surface area contributed by atoms with E-state index in [9.17, 15) is 9.59 Å². The minimum absolute atomic E-state index is 0.219. The van der Waals surface area contributed by atoms with E-state index in [0.717, 1.165) is 47.7 Å². The summed E-state index contributed by atoms with van der Waals surface area (Å²) in [6.07, 6.45) is 4.84. The largest absolute Gasteiger partial charge is 0.361 e. The maximum Gasteiger partial charge on any atom is 0.247 e. The van der Waals surface area contributed by atoms with E-state index in [1.807, 2.05) is 42.6 Å². The lowest BCUT2D eigenvalue weighted by Crippen LogP contribution is -2.44. The van der Waals surface area contributed by atoms with Gasteiger partial charge in [-0.1, -0.05) is 37.3 Å². The second-order valence-electron chi connectivity index (χ2n) is 8.96. The van der Waals surface area contributed by atoms with E-state index < -0.39 is 6.04 Å². The molecule has 0 aliphatic carbocycles. The Bertz CT molecular complexity index is 1060. The first-order chi connectivity index (χ1) is 15.5. The highest BCUT2D eigenvalue weighted by Crippen LogP contribution is 2.21. The Labute approximate surface area is 189 Å². The van der Waals surface area contributed by atoms with E-state index in [1.165, 1.54) is 25.3 Å². The normalized spacial score (nSPS) is 16.1. The first-order valence-electron chi connectivity index (χ1n) is 11.4. The molecule has 3 aromatic rings. The average Bonchev–Trinajstić information content (AvgIpc) is 3.19. The van der Waals surface area contributed by atoms with Gasteiger partial charge in [0.25, 0.3) is 0 Å². The number of hydrogen-bond donors (Lipinski definition) is 3. The summed E-state index contributed by atoms with van der Waals surface area (Å²) in [6.45, 7) is 6.99. The number of hydrogen-bond acceptors (Lipinski definition) is 3. The number of nitrogens with one attached hydrogen (secondary N) is 3. The fourth-order valence-electron chi connectivity index (χ4n) is 4.38. The molecule has 168 valence electrons. The summed E-state index contributed by atoms with van der Waals surface area (Å²) in [6, 6.07) is 15.3. The number of nitrogens with zero attached hydrogens (tertiary/aromatic N) is 1. The minimum Gasteiger partial charge on any atom is -0.361 e. The number of aromatic nitrogens is 1. The Morgan fingerprint density at radius 1 is 1.09 bits per heavy atom. The molecule has 32 heavy (non-hydrogen) atoms. The Morgan fingerprint density at radius 2 is 1.81 bits per heavy atom. The zero-order chi connectivity index (χ0) is 22.5. The number of rotatable bonds is 7. The van der Waals surface area contributed by atoms with Crippen molar-refractivity contribution in [2.24, 2.45) is 5.92 Å². The van der Waals surface area contributed by atoms with Gasteiger partial charge in [0.15, 0.2) is 0 Å². The molecule has 2 heterocycles. The van der Waals surface area contributed by atoms with Gasteiger partial charge in [0.1, 0.15) is 6.04 Å². The number of H-pyrrole nitrogens is 1. The van der Waals surface area contributed by atoms with Crippen molar-refractivity contribution < 1.29 is 9.59 Å². The Balaban J connectivity index is 1.40. The summed E-state index contributed by atoms with van der Waals surface area (Å²) in [5.74, 6) is 0.379. The van der Waals surface area contributed by atoms with Crippen LogP contribution in [-0.4, -0.2) is 40.8 Å². The van der Waals surface area contributed by atoms with Gasteiger partial charge in [0.05, 0.1) is 0 Å². The molecule has 1 saturated heterocycles. The predicted molar refractivity (Wildman–Crippen MR) is 128 cm³/mol. The number of para-hydroxylation sites is 1. The smallest absolute Gasteiger partial charge is 0.247 e. The number of carbonyl (C=O) groups excluding carboxylic acids is 2. The quantitative estimate of drug-likeness (QED) is 0.526. The maximum absolute atomic E-state index is 13.0. The summed E-state index contributed by atoms with van der Waals surface area (Å²) in [7, 11) is 0. The molecule has 0 radical (unpaired) electrons. The summed E-state index contributed by atoms with van der Waals surface area (Å²) in [5, 5.41) is 6.83. The molecule has 1 atom stereocenters. The third-order valence-corrected chi connectivity index (χ3v) is 6.30. The molecule has 1 unspecified atom stereocenters. The number of amides is 2. The van der Waals surface area contributed by atoms with Crippen LogP contribution in [-0.2, 0) is 22.6 Å². The highest BCUT2D eigenvalue weighted by atomic mass is 16.2. The summed E-state index contributed by atoms with van der Waals surface area (Å²) < 4.78 is 0. The summed E-state index contributed by atoms with van der Waals surface area (Å²) >= 11 is 0. The predicted octanol–water partition coefficient (Wildman–Crippen LogP) is 4.09. The van der Waals surface area contributed by atoms with Crippen LogP contribution in [0.3, 0.4) is 0 Å². The number of carbonyl (C=O) groups is 2. The average molecular weight is 433 g/mol. The van der Waals surface area contributed by atoms with Crippen LogP contribution in [0.5, 0.6) is 0 Å². The molecular weight excluding hydrogens is 400 g/mol. The Hall–Kier alpha value is -3.12. The van der Waals surface area contributed by atoms with E-state index in [-0.39, 0.29) is 11.8 Å². The van der Waals surface area contributed by atoms with Gasteiger partial charge in [-0.25, -0.2) is 0 Å². The van der Waals surface area contributed by atoms with E-state index in [0.29, 0.717) is 6.42 Å². The third kappa shape index (κ3) is 5.56. The van der Waals surface area contributed by atoms with Crippen LogP contribution in [0.1, 0.15) is 37.8 Å². The number of benzene rings is 2. The Kier molecular flexibility index (Phi) is 6.90. The molecular formula is C26H32N4O2. The minimum atomic E-state index is -0.651. The molecule has 2 amide bonds. The molecule has 6 nitrogen and oxygen atoms in total. The van der Waals surface area contributed by atoms with Crippen LogP contribution in [0.4, 0.5) is 5.69 Å². The highest BCUT2D eigenvalue weighted by Gasteiger charge is 2.22. The number of piperidine rings is 1. The highest BCUT2D eigenvalue weighted by molar-refractivity contribution is 5.97. The molecule has 1 aliphatic rings. The number of fused-ring (bicyclic) bond motifs is 1. The van der Waals surface area contributed by atoms with Crippen LogP contribution in [0.2, 0.25) is 0 Å². The first kappa shape index (κ1) is 22.1. The van der Waals surface area contributed by atoms with Gasteiger partial charge in [-0.3, -0.25) is 14.5 Å². The summed E-state index contributed by atoms with van der Waals surface area (Å²) in [5.41, 5.74) is 4.00. The lowest BCUT2D eigenvalue weighted by atomic mass is 9.99. The standard InChI is InChI=1S/C26H32N4O2/c1-18-11-13-30(14-12-18)17-20-7-9-22(10-8-20)29-26(32)25(28-19(2)31)15-21-16-27-24-6-4-3-5-23(21)24/h3-10,16,18,25,27H,11-15,17H2,1-2H3,(H,28,31)(H,29,32). The van der Waals surface area contributed by atoms with Gasteiger partial charge in [-0.05, 0) is 61.2 Å². The van der Waals surface area contributed by atoms with Gasteiger partial charge < -0.3 is 15.6 Å². The summed E-state index contributed by atoms with van der Waals surface area (Å²) in [4.78, 5) is 30.5. The van der Waals surface area contributed by atoms with E-state index in [1.54, 1.807) is 0 Å². The molecule has 1 aromatic heterocycles. The van der Waals surface area contributed by atoms with Crippen LogP contribution >= 0.6 is 0 Å². The first-order valence-corrected chi connectivity index (χ1v) is 11.4. The van der Waals surface area contributed by atoms with E-state index >= 15 is 0 Å². The van der Waals surface area contributed by atoms with Crippen molar-refractivity contribution >= 4 is 28.4 Å². The zero-order valence-electron chi connectivity index (χ0n) is 18.9. The number of aromatic amines is 1. The van der Waals surface area contributed by atoms with Crippen LogP contribution < -0.4 is 10.6 Å². The van der Waals surface area contributed by atoms with Crippen LogP contribution in [0, 0.1) is 5.92 Å². The molecule has 0 spiro atoms. The molecule has 0 bridgehead atoms. The van der Waals surface area contributed by atoms with Crippen LogP contribution in [0.25, 0.3) is 10.9 Å². The molecule has 2 aromatic carbocycles. The number of likely N-dealkylation sites (tertiary alicyclic amines) is 1. The van der Waals surface area contributed by atoms with E-state index in [2.05, 4.69) is 39.6 Å². The van der Waals surface area contributed by atoms with Crippen molar-refractivity contribution in [3.8, 4) is 0 Å². The third-order valence-electron chi connectivity index (χ3n) is 6.30. The molecule has 3 N–H and O–H groups in total. The lowest BCUT2D eigenvalue weighted by molar-refractivity contribution is -0.125. The van der Waals surface area contributed by atoms with Crippen molar-refractivity contribution in [2.75, 3.05) is 18.4 Å². The molecule has 6 heteroatoms. The van der Waals surface area contributed by atoms with Crippen molar-refractivity contribution in [3.63, 3.8) is 0 Å².